The van der Waals surface area contributed by atoms with E-state index < -0.39 is 30.3 Å². The number of benzene rings is 1. The number of alkyl carbamates (subject to hydrolysis) is 1. The van der Waals surface area contributed by atoms with Gasteiger partial charge in [-0.2, -0.15) is 13.2 Å². The molecule has 0 fully saturated rings. The van der Waals surface area contributed by atoms with Crippen LogP contribution in [-0.2, 0) is 15.7 Å². The summed E-state index contributed by atoms with van der Waals surface area (Å²) in [5.74, 6) is -0.790. The third kappa shape index (κ3) is 4.49. The molecule has 0 spiro atoms. The van der Waals surface area contributed by atoms with Gasteiger partial charge in [0, 0.05) is 0 Å². The number of alkyl halides is 3. The predicted octanol–water partition coefficient (Wildman–Crippen LogP) is 2.00. The van der Waals surface area contributed by atoms with E-state index >= 15 is 0 Å². The standard InChI is InChI=1S/C11H11F3N2O3/c1-19-10(18)15-6-9(17)16-8-5-3-2-4-7(8)11(12,13)14/h2-5H,6H2,1H3,(H,15,18)(H,16,17). The van der Waals surface area contributed by atoms with Gasteiger partial charge >= 0.3 is 12.3 Å². The molecule has 0 atom stereocenters. The summed E-state index contributed by atoms with van der Waals surface area (Å²) in [6.45, 7) is -0.487. The second-order valence-corrected chi connectivity index (χ2v) is 3.44. The molecule has 2 amide bonds. The van der Waals surface area contributed by atoms with Gasteiger partial charge in [-0.25, -0.2) is 4.79 Å². The number of rotatable bonds is 3. The molecule has 1 rings (SSSR count). The Morgan fingerprint density at radius 2 is 1.89 bits per heavy atom. The first-order valence-electron chi connectivity index (χ1n) is 5.12. The SMILES string of the molecule is COC(=O)NCC(=O)Nc1ccccc1C(F)(F)F. The molecule has 0 aliphatic carbocycles. The minimum absolute atomic E-state index is 0.369. The summed E-state index contributed by atoms with van der Waals surface area (Å²) < 4.78 is 42.1. The molecule has 0 unspecified atom stereocenters. The Labute approximate surface area is 106 Å². The molecule has 2 N–H and O–H groups in total. The highest BCUT2D eigenvalue weighted by molar-refractivity contribution is 5.94. The Morgan fingerprint density at radius 3 is 2.47 bits per heavy atom. The van der Waals surface area contributed by atoms with Crippen LogP contribution in [-0.4, -0.2) is 25.7 Å². The molecule has 19 heavy (non-hydrogen) atoms. The average molecular weight is 276 g/mol. The van der Waals surface area contributed by atoms with Crippen molar-refractivity contribution >= 4 is 17.7 Å². The van der Waals surface area contributed by atoms with E-state index in [1.54, 1.807) is 0 Å². The van der Waals surface area contributed by atoms with Crippen molar-refractivity contribution in [3.63, 3.8) is 0 Å². The molecular weight excluding hydrogens is 265 g/mol. The van der Waals surface area contributed by atoms with Gasteiger partial charge in [-0.3, -0.25) is 4.79 Å². The molecule has 0 aliphatic heterocycles. The van der Waals surface area contributed by atoms with Crippen LogP contribution in [0.4, 0.5) is 23.7 Å². The van der Waals surface area contributed by atoms with E-state index in [0.717, 1.165) is 19.2 Å². The molecule has 0 bridgehead atoms. The molecule has 1 aromatic rings. The third-order valence-corrected chi connectivity index (χ3v) is 2.09. The summed E-state index contributed by atoms with van der Waals surface area (Å²) in [5.41, 5.74) is -1.33. The Hall–Kier alpha value is -2.25. The summed E-state index contributed by atoms with van der Waals surface area (Å²) >= 11 is 0. The van der Waals surface area contributed by atoms with E-state index in [9.17, 15) is 22.8 Å². The maximum absolute atomic E-state index is 12.6. The Morgan fingerprint density at radius 1 is 1.26 bits per heavy atom. The lowest BCUT2D eigenvalue weighted by Crippen LogP contribution is -2.33. The Kier molecular flexibility index (Phi) is 4.74. The average Bonchev–Trinajstić information content (AvgIpc) is 2.35. The minimum Gasteiger partial charge on any atom is -0.453 e. The second kappa shape index (κ2) is 6.07. The smallest absolute Gasteiger partial charge is 0.418 e. The van der Waals surface area contributed by atoms with Gasteiger partial charge in [0.2, 0.25) is 5.91 Å². The Balaban J connectivity index is 2.72. The van der Waals surface area contributed by atoms with Crippen LogP contribution in [0.2, 0.25) is 0 Å². The lowest BCUT2D eigenvalue weighted by Gasteiger charge is -2.13. The van der Waals surface area contributed by atoms with Gasteiger partial charge in [0.15, 0.2) is 0 Å². The first-order chi connectivity index (χ1) is 8.84. The first-order valence-corrected chi connectivity index (χ1v) is 5.12. The lowest BCUT2D eigenvalue weighted by molar-refractivity contribution is -0.137. The zero-order valence-corrected chi connectivity index (χ0v) is 9.88. The highest BCUT2D eigenvalue weighted by Crippen LogP contribution is 2.34. The van der Waals surface area contributed by atoms with E-state index in [-0.39, 0.29) is 5.69 Å². The summed E-state index contributed by atoms with van der Waals surface area (Å²) in [7, 11) is 1.10. The maximum atomic E-state index is 12.6. The zero-order valence-electron chi connectivity index (χ0n) is 9.88. The van der Waals surface area contributed by atoms with Crippen molar-refractivity contribution in [1.82, 2.24) is 5.32 Å². The van der Waals surface area contributed by atoms with E-state index in [4.69, 9.17) is 0 Å². The van der Waals surface area contributed by atoms with Crippen molar-refractivity contribution in [3.05, 3.63) is 29.8 Å². The van der Waals surface area contributed by atoms with Crippen molar-refractivity contribution in [2.45, 2.75) is 6.18 Å². The van der Waals surface area contributed by atoms with E-state index in [0.29, 0.717) is 0 Å². The number of anilines is 1. The zero-order chi connectivity index (χ0) is 14.5. The van der Waals surface area contributed by atoms with Crippen LogP contribution in [0.5, 0.6) is 0 Å². The number of carbonyl (C=O) groups is 2. The van der Waals surface area contributed by atoms with Crippen LogP contribution in [0, 0.1) is 0 Å². The first kappa shape index (κ1) is 14.8. The number of methoxy groups -OCH3 is 1. The highest BCUT2D eigenvalue weighted by Gasteiger charge is 2.33. The molecule has 0 saturated heterocycles. The van der Waals surface area contributed by atoms with E-state index in [1.807, 2.05) is 0 Å². The van der Waals surface area contributed by atoms with Crippen LogP contribution in [0.3, 0.4) is 0 Å². The molecule has 1 aromatic carbocycles. The van der Waals surface area contributed by atoms with Crippen LogP contribution in [0.15, 0.2) is 24.3 Å². The Bertz CT molecular complexity index is 474. The van der Waals surface area contributed by atoms with Crippen molar-refractivity contribution in [1.29, 1.82) is 0 Å². The summed E-state index contributed by atoms with van der Waals surface area (Å²) in [4.78, 5) is 22.1. The van der Waals surface area contributed by atoms with Crippen molar-refractivity contribution in [2.24, 2.45) is 0 Å². The van der Waals surface area contributed by atoms with E-state index in [2.05, 4.69) is 15.4 Å². The van der Waals surface area contributed by atoms with Crippen LogP contribution in [0.1, 0.15) is 5.56 Å². The highest BCUT2D eigenvalue weighted by atomic mass is 19.4. The van der Waals surface area contributed by atoms with E-state index in [1.165, 1.54) is 12.1 Å². The number of carbonyl (C=O) groups excluding carboxylic acids is 2. The molecule has 0 aromatic heterocycles. The number of hydrogen-bond donors (Lipinski definition) is 2. The van der Waals surface area contributed by atoms with Crippen LogP contribution < -0.4 is 10.6 Å². The van der Waals surface area contributed by atoms with Gasteiger partial charge in [-0.05, 0) is 12.1 Å². The van der Waals surface area contributed by atoms with Crippen LogP contribution in [0.25, 0.3) is 0 Å². The fourth-order valence-electron chi connectivity index (χ4n) is 1.26. The van der Waals surface area contributed by atoms with Crippen LogP contribution >= 0.6 is 0 Å². The molecule has 0 saturated carbocycles. The van der Waals surface area contributed by atoms with Gasteiger partial charge in [0.1, 0.15) is 6.54 Å². The second-order valence-electron chi connectivity index (χ2n) is 3.44. The van der Waals surface area contributed by atoms with Gasteiger partial charge in [0.25, 0.3) is 0 Å². The lowest BCUT2D eigenvalue weighted by atomic mass is 10.1. The number of hydrogen-bond acceptors (Lipinski definition) is 3. The summed E-state index contributed by atoms with van der Waals surface area (Å²) in [6, 6.07) is 4.55. The molecular formula is C11H11F3N2O3. The number of para-hydroxylation sites is 1. The molecule has 104 valence electrons. The molecule has 8 heteroatoms. The third-order valence-electron chi connectivity index (χ3n) is 2.09. The largest absolute Gasteiger partial charge is 0.453 e. The summed E-state index contributed by atoms with van der Waals surface area (Å²) in [5, 5.41) is 4.12. The van der Waals surface area contributed by atoms with Crippen molar-refractivity contribution < 1.29 is 27.5 Å². The molecule has 0 aliphatic rings. The van der Waals surface area contributed by atoms with Crippen molar-refractivity contribution in [2.75, 3.05) is 19.0 Å². The molecule has 0 heterocycles. The topological polar surface area (TPSA) is 67.4 Å². The number of halogens is 3. The molecule has 5 nitrogen and oxygen atoms in total. The molecule has 0 radical (unpaired) electrons. The number of nitrogens with one attached hydrogen (secondary N) is 2. The number of ether oxygens (including phenoxy) is 1. The quantitative estimate of drug-likeness (QED) is 0.887. The van der Waals surface area contributed by atoms with Crippen molar-refractivity contribution in [3.8, 4) is 0 Å². The predicted molar refractivity (Wildman–Crippen MR) is 60.5 cm³/mol. The van der Waals surface area contributed by atoms with Gasteiger partial charge in [0.05, 0.1) is 18.4 Å². The minimum atomic E-state index is -4.57. The van der Waals surface area contributed by atoms with Gasteiger partial charge in [-0.15, -0.1) is 0 Å². The van der Waals surface area contributed by atoms with Gasteiger partial charge in [-0.1, -0.05) is 12.1 Å². The number of amides is 2. The fourth-order valence-corrected chi connectivity index (χ4v) is 1.26. The monoisotopic (exact) mass is 276 g/mol. The van der Waals surface area contributed by atoms with Gasteiger partial charge < -0.3 is 15.4 Å². The summed E-state index contributed by atoms with van der Waals surface area (Å²) in [6.07, 6.45) is -5.42. The maximum Gasteiger partial charge on any atom is 0.418 e. The normalized spacial score (nSPS) is 10.7. The fraction of sp³-hybridized carbons (Fsp3) is 0.273.